The number of amides is 3. The lowest BCUT2D eigenvalue weighted by Crippen LogP contribution is -2.57. The summed E-state index contributed by atoms with van der Waals surface area (Å²) in [7, 11) is 0. The molecule has 0 bridgehead atoms. The Morgan fingerprint density at radius 2 is 1.53 bits per heavy atom. The molecule has 0 saturated heterocycles. The molecule has 0 aliphatic rings. The first-order chi connectivity index (χ1) is 15.0. The lowest BCUT2D eigenvalue weighted by Gasteiger charge is -2.23. The van der Waals surface area contributed by atoms with Crippen LogP contribution in [0.1, 0.15) is 25.3 Å². The molecule has 1 aromatic carbocycles. The summed E-state index contributed by atoms with van der Waals surface area (Å²) in [5, 5.41) is 25.0. The Kier molecular flexibility index (Phi) is 11.2. The van der Waals surface area contributed by atoms with Gasteiger partial charge in [-0.15, -0.1) is 0 Å². The van der Waals surface area contributed by atoms with E-state index >= 15 is 0 Å². The molecule has 0 spiro atoms. The zero-order chi connectivity index (χ0) is 24.3. The van der Waals surface area contributed by atoms with Gasteiger partial charge in [-0.25, -0.2) is 4.79 Å². The van der Waals surface area contributed by atoms with Crippen molar-refractivity contribution in [1.29, 1.82) is 0 Å². The number of carboxylic acids is 2. The molecule has 1 rings (SSSR count). The van der Waals surface area contributed by atoms with Crippen LogP contribution in [0.25, 0.3) is 0 Å². The van der Waals surface area contributed by atoms with Crippen LogP contribution in [0.4, 0.5) is 0 Å². The fourth-order valence-corrected chi connectivity index (χ4v) is 2.86. The molecule has 0 aliphatic carbocycles. The molecule has 0 fully saturated rings. The Hall–Kier alpha value is -3.12. The van der Waals surface area contributed by atoms with Crippen LogP contribution in [0.2, 0.25) is 0 Å². The van der Waals surface area contributed by atoms with E-state index in [-0.39, 0.29) is 25.0 Å². The van der Waals surface area contributed by atoms with Crippen LogP contribution in [-0.4, -0.2) is 69.8 Å². The summed E-state index contributed by atoms with van der Waals surface area (Å²) in [6.07, 6.45) is -0.324. The zero-order valence-corrected chi connectivity index (χ0v) is 18.4. The highest BCUT2D eigenvalue weighted by atomic mass is 32.1. The van der Waals surface area contributed by atoms with Gasteiger partial charge in [-0.05, 0) is 18.9 Å². The standard InChI is InChI=1S/C20H28N4O7S/c1-11(22-18(28)13(21)7-8-16(25)26)17(27)23-14(9-12-5-3-2-4-6-12)19(29)24-15(10-32)20(30)31/h2-6,11,13-15,32H,7-10,21H2,1H3,(H,22,28)(H,23,27)(H,24,29)(H,25,26)(H,30,31). The van der Waals surface area contributed by atoms with Gasteiger partial charge in [0.2, 0.25) is 17.7 Å². The third kappa shape index (κ3) is 9.35. The first kappa shape index (κ1) is 26.9. The van der Waals surface area contributed by atoms with Crippen LogP contribution in [-0.2, 0) is 30.4 Å². The average molecular weight is 469 g/mol. The van der Waals surface area contributed by atoms with Crippen LogP contribution in [0, 0.1) is 0 Å². The second kappa shape index (κ2) is 13.3. The van der Waals surface area contributed by atoms with Gasteiger partial charge in [0.1, 0.15) is 18.1 Å². The monoisotopic (exact) mass is 468 g/mol. The highest BCUT2D eigenvalue weighted by Crippen LogP contribution is 2.05. The van der Waals surface area contributed by atoms with Gasteiger partial charge in [0.25, 0.3) is 0 Å². The maximum atomic E-state index is 12.7. The molecule has 32 heavy (non-hydrogen) atoms. The van der Waals surface area contributed by atoms with E-state index in [1.807, 2.05) is 0 Å². The molecule has 0 aromatic heterocycles. The maximum Gasteiger partial charge on any atom is 0.327 e. The molecule has 7 N–H and O–H groups in total. The first-order valence-electron chi connectivity index (χ1n) is 9.81. The predicted octanol–water partition coefficient (Wildman–Crippen LogP) is -1.09. The number of aliphatic carboxylic acids is 2. The number of hydrogen-bond donors (Lipinski definition) is 7. The minimum atomic E-state index is -1.27. The minimum absolute atomic E-state index is 0.0795. The third-order valence-corrected chi connectivity index (χ3v) is 4.84. The van der Waals surface area contributed by atoms with Gasteiger partial charge in [-0.1, -0.05) is 30.3 Å². The fourth-order valence-electron chi connectivity index (χ4n) is 2.61. The number of carbonyl (C=O) groups excluding carboxylic acids is 3. The number of nitrogens with two attached hydrogens (primary N) is 1. The molecule has 0 aliphatic heterocycles. The summed E-state index contributed by atoms with van der Waals surface area (Å²) in [4.78, 5) is 59.2. The Morgan fingerprint density at radius 3 is 2.06 bits per heavy atom. The number of thiol groups is 1. The fraction of sp³-hybridized carbons (Fsp3) is 0.450. The van der Waals surface area contributed by atoms with Gasteiger partial charge in [0, 0.05) is 18.6 Å². The molecule has 0 heterocycles. The molecule has 176 valence electrons. The van der Waals surface area contributed by atoms with Crippen molar-refractivity contribution in [2.45, 2.75) is 50.4 Å². The van der Waals surface area contributed by atoms with Crippen molar-refractivity contribution in [2.75, 3.05) is 5.75 Å². The summed E-state index contributed by atoms with van der Waals surface area (Å²) in [6.45, 7) is 1.38. The van der Waals surface area contributed by atoms with Gasteiger partial charge in [-0.3, -0.25) is 19.2 Å². The van der Waals surface area contributed by atoms with E-state index in [0.717, 1.165) is 5.56 Å². The van der Waals surface area contributed by atoms with E-state index in [1.54, 1.807) is 30.3 Å². The van der Waals surface area contributed by atoms with E-state index in [0.29, 0.717) is 0 Å². The molecule has 1 aromatic rings. The van der Waals surface area contributed by atoms with Gasteiger partial charge in [-0.2, -0.15) is 12.6 Å². The summed E-state index contributed by atoms with van der Waals surface area (Å²) in [6, 6.07) is 4.21. The molecule has 0 radical (unpaired) electrons. The quantitative estimate of drug-likeness (QED) is 0.178. The van der Waals surface area contributed by atoms with Crippen molar-refractivity contribution < 1.29 is 34.2 Å². The molecule has 0 saturated carbocycles. The van der Waals surface area contributed by atoms with Crippen molar-refractivity contribution in [1.82, 2.24) is 16.0 Å². The van der Waals surface area contributed by atoms with Crippen LogP contribution < -0.4 is 21.7 Å². The Balaban J connectivity index is 2.84. The van der Waals surface area contributed by atoms with Gasteiger partial charge < -0.3 is 31.9 Å². The van der Waals surface area contributed by atoms with Crippen LogP contribution in [0.5, 0.6) is 0 Å². The lowest BCUT2D eigenvalue weighted by atomic mass is 10.0. The van der Waals surface area contributed by atoms with Crippen molar-refractivity contribution >= 4 is 42.3 Å². The Labute approximate surface area is 190 Å². The topological polar surface area (TPSA) is 188 Å². The number of rotatable bonds is 13. The average Bonchev–Trinajstić information content (AvgIpc) is 2.75. The summed E-state index contributed by atoms with van der Waals surface area (Å²) in [5.74, 6) is -4.64. The van der Waals surface area contributed by atoms with E-state index in [9.17, 15) is 24.0 Å². The maximum absolute atomic E-state index is 12.7. The van der Waals surface area contributed by atoms with E-state index < -0.39 is 53.8 Å². The number of carbonyl (C=O) groups is 5. The van der Waals surface area contributed by atoms with E-state index in [1.165, 1.54) is 6.92 Å². The molecule has 3 amide bonds. The van der Waals surface area contributed by atoms with Gasteiger partial charge in [0.15, 0.2) is 0 Å². The number of benzene rings is 1. The summed E-state index contributed by atoms with van der Waals surface area (Å²) in [5.41, 5.74) is 6.35. The minimum Gasteiger partial charge on any atom is -0.481 e. The van der Waals surface area contributed by atoms with Crippen molar-refractivity contribution in [2.24, 2.45) is 5.73 Å². The molecule has 4 unspecified atom stereocenters. The van der Waals surface area contributed by atoms with Crippen LogP contribution in [0.3, 0.4) is 0 Å². The SMILES string of the molecule is CC(NC(=O)C(N)CCC(=O)O)C(=O)NC(Cc1ccccc1)C(=O)NC(CS)C(=O)O. The predicted molar refractivity (Wildman–Crippen MR) is 118 cm³/mol. The molecular formula is C20H28N4O7S. The van der Waals surface area contributed by atoms with Crippen LogP contribution >= 0.6 is 12.6 Å². The van der Waals surface area contributed by atoms with Gasteiger partial charge >= 0.3 is 11.9 Å². The molecule has 11 nitrogen and oxygen atoms in total. The van der Waals surface area contributed by atoms with Crippen molar-refractivity contribution in [3.63, 3.8) is 0 Å². The Bertz CT molecular complexity index is 821. The second-order valence-electron chi connectivity index (χ2n) is 7.10. The van der Waals surface area contributed by atoms with E-state index in [2.05, 4.69) is 28.6 Å². The largest absolute Gasteiger partial charge is 0.481 e. The molecule has 12 heteroatoms. The summed E-state index contributed by atoms with van der Waals surface area (Å²) >= 11 is 3.91. The number of hydrogen-bond acceptors (Lipinski definition) is 7. The normalized spacial score (nSPS) is 14.3. The number of carboxylic acid groups (broad SMARTS) is 2. The zero-order valence-electron chi connectivity index (χ0n) is 17.5. The van der Waals surface area contributed by atoms with Crippen molar-refractivity contribution in [3.05, 3.63) is 35.9 Å². The Morgan fingerprint density at radius 1 is 0.938 bits per heavy atom. The highest BCUT2D eigenvalue weighted by Gasteiger charge is 2.28. The van der Waals surface area contributed by atoms with E-state index in [4.69, 9.17) is 15.9 Å². The first-order valence-corrected chi connectivity index (χ1v) is 10.4. The second-order valence-corrected chi connectivity index (χ2v) is 7.47. The van der Waals surface area contributed by atoms with Gasteiger partial charge in [0.05, 0.1) is 6.04 Å². The van der Waals surface area contributed by atoms with Crippen molar-refractivity contribution in [3.8, 4) is 0 Å². The number of nitrogens with one attached hydrogen (secondary N) is 3. The highest BCUT2D eigenvalue weighted by molar-refractivity contribution is 7.80. The molecule has 4 atom stereocenters. The smallest absolute Gasteiger partial charge is 0.327 e. The van der Waals surface area contributed by atoms with Crippen LogP contribution in [0.15, 0.2) is 30.3 Å². The lowest BCUT2D eigenvalue weighted by molar-refractivity contribution is -0.141. The summed E-state index contributed by atoms with van der Waals surface area (Å²) < 4.78 is 0. The third-order valence-electron chi connectivity index (χ3n) is 4.47. The molecular weight excluding hydrogens is 440 g/mol.